The standard InChI is InChI=1S/C20H29ClN4O2/c21-16-6-8-18(9-7-16)25-14-12-24(13-15-25)11-3-10-22-19(26)20(27)23-17-4-1-2-5-17/h6-9,17H,1-5,10-15H2,(H,22,26)(H,23,27). The van der Waals surface area contributed by atoms with Crippen LogP contribution in [0.3, 0.4) is 0 Å². The highest BCUT2D eigenvalue weighted by Crippen LogP contribution is 2.19. The summed E-state index contributed by atoms with van der Waals surface area (Å²) >= 11 is 5.95. The fraction of sp³-hybridized carbons (Fsp3) is 0.600. The first kappa shape index (κ1) is 20.0. The molecule has 0 atom stereocenters. The lowest BCUT2D eigenvalue weighted by atomic mass is 10.2. The van der Waals surface area contributed by atoms with Gasteiger partial charge in [-0.2, -0.15) is 0 Å². The predicted molar refractivity (Wildman–Crippen MR) is 108 cm³/mol. The summed E-state index contributed by atoms with van der Waals surface area (Å²) in [5.41, 5.74) is 1.21. The van der Waals surface area contributed by atoms with Crippen LogP contribution < -0.4 is 15.5 Å². The fourth-order valence-electron chi connectivity index (χ4n) is 3.79. The quantitative estimate of drug-likeness (QED) is 0.574. The summed E-state index contributed by atoms with van der Waals surface area (Å²) in [6.45, 7) is 5.43. The van der Waals surface area contributed by atoms with Gasteiger partial charge in [0.25, 0.3) is 0 Å². The number of carbonyl (C=O) groups is 2. The summed E-state index contributed by atoms with van der Waals surface area (Å²) in [6, 6.07) is 8.15. The van der Waals surface area contributed by atoms with Crippen molar-refractivity contribution >= 4 is 29.1 Å². The molecule has 1 aromatic rings. The van der Waals surface area contributed by atoms with Gasteiger partial charge in [0.15, 0.2) is 0 Å². The summed E-state index contributed by atoms with van der Waals surface area (Å²) in [5.74, 6) is -0.993. The van der Waals surface area contributed by atoms with E-state index in [1.165, 1.54) is 5.69 Å². The number of benzene rings is 1. The molecule has 3 rings (SSSR count). The van der Waals surface area contributed by atoms with Gasteiger partial charge in [-0.05, 0) is 50.1 Å². The SMILES string of the molecule is O=C(NCCCN1CCN(c2ccc(Cl)cc2)CC1)C(=O)NC1CCCC1. The molecule has 1 saturated heterocycles. The number of carbonyl (C=O) groups excluding carboxylic acids is 2. The molecule has 0 spiro atoms. The Kier molecular flexibility index (Phi) is 7.35. The molecule has 6 nitrogen and oxygen atoms in total. The topological polar surface area (TPSA) is 64.7 Å². The van der Waals surface area contributed by atoms with E-state index in [9.17, 15) is 9.59 Å². The van der Waals surface area contributed by atoms with Gasteiger partial charge < -0.3 is 15.5 Å². The first-order valence-corrected chi connectivity index (χ1v) is 10.3. The maximum absolute atomic E-state index is 11.9. The van der Waals surface area contributed by atoms with E-state index in [2.05, 4.69) is 32.6 Å². The molecule has 2 fully saturated rings. The Labute approximate surface area is 166 Å². The van der Waals surface area contributed by atoms with Crippen LogP contribution in [0.2, 0.25) is 5.02 Å². The van der Waals surface area contributed by atoms with Crippen LogP contribution in [-0.2, 0) is 9.59 Å². The number of rotatable bonds is 6. The largest absolute Gasteiger partial charge is 0.369 e. The van der Waals surface area contributed by atoms with E-state index in [0.29, 0.717) is 6.54 Å². The first-order valence-electron chi connectivity index (χ1n) is 9.93. The Hall–Kier alpha value is -1.79. The zero-order chi connectivity index (χ0) is 19.1. The Morgan fingerprint density at radius 3 is 2.33 bits per heavy atom. The second-order valence-corrected chi connectivity index (χ2v) is 7.81. The highest BCUT2D eigenvalue weighted by atomic mass is 35.5. The van der Waals surface area contributed by atoms with Crippen molar-refractivity contribution in [2.75, 3.05) is 44.2 Å². The second kappa shape index (κ2) is 9.95. The van der Waals surface area contributed by atoms with Gasteiger partial charge in [-0.15, -0.1) is 0 Å². The summed E-state index contributed by atoms with van der Waals surface area (Å²) < 4.78 is 0. The maximum atomic E-state index is 11.9. The predicted octanol–water partition coefficient (Wildman–Crippen LogP) is 2.03. The normalized spacial score (nSPS) is 18.5. The van der Waals surface area contributed by atoms with E-state index in [1.54, 1.807) is 0 Å². The zero-order valence-electron chi connectivity index (χ0n) is 15.8. The molecule has 1 saturated carbocycles. The average Bonchev–Trinajstić information content (AvgIpc) is 3.19. The van der Waals surface area contributed by atoms with Crippen molar-refractivity contribution in [2.45, 2.75) is 38.1 Å². The molecule has 2 N–H and O–H groups in total. The van der Waals surface area contributed by atoms with Gasteiger partial charge in [0, 0.05) is 49.5 Å². The van der Waals surface area contributed by atoms with Crippen LogP contribution in [0.1, 0.15) is 32.1 Å². The van der Waals surface area contributed by atoms with Crippen molar-refractivity contribution in [1.29, 1.82) is 0 Å². The Balaban J connectivity index is 1.28. The first-order chi connectivity index (χ1) is 13.1. The lowest BCUT2D eigenvalue weighted by molar-refractivity contribution is -0.139. The smallest absolute Gasteiger partial charge is 0.309 e. The van der Waals surface area contributed by atoms with Crippen molar-refractivity contribution in [3.8, 4) is 0 Å². The highest BCUT2D eigenvalue weighted by Gasteiger charge is 2.21. The molecule has 2 aliphatic rings. The number of hydrogen-bond donors (Lipinski definition) is 2. The number of halogens is 1. The van der Waals surface area contributed by atoms with Gasteiger partial charge in [0.05, 0.1) is 0 Å². The molecule has 0 unspecified atom stereocenters. The molecule has 148 valence electrons. The van der Waals surface area contributed by atoms with Crippen molar-refractivity contribution in [1.82, 2.24) is 15.5 Å². The number of nitrogens with zero attached hydrogens (tertiary/aromatic N) is 2. The summed E-state index contributed by atoms with van der Waals surface area (Å²) in [5, 5.41) is 6.31. The van der Waals surface area contributed by atoms with Gasteiger partial charge in [0.1, 0.15) is 0 Å². The zero-order valence-corrected chi connectivity index (χ0v) is 16.5. The lowest BCUT2D eigenvalue weighted by Crippen LogP contribution is -2.47. The Bertz CT molecular complexity index is 623. The van der Waals surface area contributed by atoms with Crippen LogP contribution in [-0.4, -0.2) is 62.0 Å². The molecule has 1 aliphatic heterocycles. The van der Waals surface area contributed by atoms with E-state index in [1.807, 2.05) is 12.1 Å². The van der Waals surface area contributed by atoms with Crippen LogP contribution >= 0.6 is 11.6 Å². The van der Waals surface area contributed by atoms with Crippen LogP contribution in [0, 0.1) is 0 Å². The van der Waals surface area contributed by atoms with Gasteiger partial charge in [-0.3, -0.25) is 14.5 Å². The van der Waals surface area contributed by atoms with E-state index >= 15 is 0 Å². The number of amides is 2. The minimum absolute atomic E-state index is 0.181. The number of anilines is 1. The number of piperazine rings is 1. The van der Waals surface area contributed by atoms with Crippen molar-refractivity contribution in [2.24, 2.45) is 0 Å². The Morgan fingerprint density at radius 1 is 1.00 bits per heavy atom. The summed E-state index contributed by atoms with van der Waals surface area (Å²) in [4.78, 5) is 28.5. The third-order valence-corrected chi connectivity index (χ3v) is 5.65. The van der Waals surface area contributed by atoms with Crippen LogP contribution in [0.15, 0.2) is 24.3 Å². The van der Waals surface area contributed by atoms with E-state index in [4.69, 9.17) is 11.6 Å². The van der Waals surface area contributed by atoms with Crippen molar-refractivity contribution < 1.29 is 9.59 Å². The van der Waals surface area contributed by atoms with Gasteiger partial charge in [-0.1, -0.05) is 24.4 Å². The number of nitrogens with one attached hydrogen (secondary N) is 2. The van der Waals surface area contributed by atoms with Crippen molar-refractivity contribution in [3.63, 3.8) is 0 Å². The molecule has 7 heteroatoms. The molecule has 1 aliphatic carbocycles. The second-order valence-electron chi connectivity index (χ2n) is 7.37. The van der Waals surface area contributed by atoms with Crippen LogP contribution in [0.25, 0.3) is 0 Å². The van der Waals surface area contributed by atoms with E-state index in [-0.39, 0.29) is 6.04 Å². The summed E-state index contributed by atoms with van der Waals surface area (Å²) in [7, 11) is 0. The summed E-state index contributed by atoms with van der Waals surface area (Å²) in [6.07, 6.45) is 5.10. The third-order valence-electron chi connectivity index (χ3n) is 5.40. The third kappa shape index (κ3) is 6.11. The number of hydrogen-bond acceptors (Lipinski definition) is 4. The minimum Gasteiger partial charge on any atom is -0.369 e. The van der Waals surface area contributed by atoms with Crippen molar-refractivity contribution in [3.05, 3.63) is 29.3 Å². The fourth-order valence-corrected chi connectivity index (χ4v) is 3.91. The molecule has 1 aromatic carbocycles. The highest BCUT2D eigenvalue weighted by molar-refractivity contribution is 6.35. The molecular weight excluding hydrogens is 364 g/mol. The monoisotopic (exact) mass is 392 g/mol. The van der Waals surface area contributed by atoms with Gasteiger partial charge >= 0.3 is 11.8 Å². The molecule has 0 aromatic heterocycles. The molecule has 0 bridgehead atoms. The Morgan fingerprint density at radius 2 is 1.67 bits per heavy atom. The lowest BCUT2D eigenvalue weighted by Gasteiger charge is -2.36. The molecule has 1 heterocycles. The minimum atomic E-state index is -0.505. The molecule has 2 amide bonds. The molecule has 27 heavy (non-hydrogen) atoms. The maximum Gasteiger partial charge on any atom is 0.309 e. The molecular formula is C20H29ClN4O2. The van der Waals surface area contributed by atoms with Gasteiger partial charge in [0.2, 0.25) is 0 Å². The van der Waals surface area contributed by atoms with Crippen LogP contribution in [0.4, 0.5) is 5.69 Å². The van der Waals surface area contributed by atoms with Crippen LogP contribution in [0.5, 0.6) is 0 Å². The van der Waals surface area contributed by atoms with Gasteiger partial charge in [-0.25, -0.2) is 0 Å². The van der Waals surface area contributed by atoms with E-state index < -0.39 is 11.8 Å². The average molecular weight is 393 g/mol. The van der Waals surface area contributed by atoms with E-state index in [0.717, 1.165) is 69.9 Å². The molecule has 0 radical (unpaired) electrons.